The molecular weight excluding hydrogens is 829 g/mol. The molecule has 0 spiro atoms. The van der Waals surface area contributed by atoms with Crippen LogP contribution in [0.2, 0.25) is 0 Å². The lowest BCUT2D eigenvalue weighted by atomic mass is 10.1. The molecule has 0 N–H and O–H groups in total. The third kappa shape index (κ3) is 53.4. The van der Waals surface area contributed by atoms with Crippen LogP contribution in [0.5, 0.6) is 0 Å². The Morgan fingerprint density at radius 2 is 0.582 bits per heavy atom. The first-order valence-electron chi connectivity index (χ1n) is 28.1. The van der Waals surface area contributed by atoms with E-state index >= 15 is 0 Å². The molecule has 0 heterocycles. The van der Waals surface area contributed by atoms with E-state index < -0.39 is 6.10 Å². The van der Waals surface area contributed by atoms with Crippen LogP contribution in [0.4, 0.5) is 0 Å². The molecule has 67 heavy (non-hydrogen) atoms. The Morgan fingerprint density at radius 3 is 0.940 bits per heavy atom. The third-order valence-electron chi connectivity index (χ3n) is 11.9. The average molecular weight is 933 g/mol. The minimum Gasteiger partial charge on any atom is -0.462 e. The Morgan fingerprint density at radius 1 is 0.313 bits per heavy atom. The minimum atomic E-state index is -0.778. The Labute approximate surface area is 414 Å². The number of hydrogen-bond donors (Lipinski definition) is 0. The van der Waals surface area contributed by atoms with Crippen LogP contribution >= 0.6 is 0 Å². The molecule has 0 amide bonds. The van der Waals surface area contributed by atoms with Crippen molar-refractivity contribution < 1.29 is 28.6 Å². The van der Waals surface area contributed by atoms with Crippen molar-refractivity contribution in [2.24, 2.45) is 0 Å². The second kappa shape index (κ2) is 55.2. The average Bonchev–Trinajstić information content (AvgIpc) is 3.33. The predicted octanol–water partition coefficient (Wildman–Crippen LogP) is 18.8. The topological polar surface area (TPSA) is 78.9 Å². The van der Waals surface area contributed by atoms with Crippen LogP contribution in [-0.2, 0) is 28.6 Å². The molecule has 0 aliphatic rings. The zero-order valence-electron chi connectivity index (χ0n) is 43.9. The van der Waals surface area contributed by atoms with Crippen LogP contribution in [0, 0.1) is 0 Å². The smallest absolute Gasteiger partial charge is 0.306 e. The maximum atomic E-state index is 12.8. The number of hydrogen-bond acceptors (Lipinski definition) is 6. The molecule has 0 fully saturated rings. The number of rotatable bonds is 50. The summed E-state index contributed by atoms with van der Waals surface area (Å²) in [6.45, 7) is 6.46. The van der Waals surface area contributed by atoms with Gasteiger partial charge in [0, 0.05) is 19.3 Å². The lowest BCUT2D eigenvalue weighted by Gasteiger charge is -2.18. The zero-order valence-corrected chi connectivity index (χ0v) is 43.9. The summed E-state index contributed by atoms with van der Waals surface area (Å²) in [4.78, 5) is 37.8. The molecule has 0 rings (SSSR count). The zero-order chi connectivity index (χ0) is 48.6. The quantitative estimate of drug-likeness (QED) is 0.0262. The maximum Gasteiger partial charge on any atom is 0.306 e. The van der Waals surface area contributed by atoms with E-state index in [1.54, 1.807) is 0 Å². The van der Waals surface area contributed by atoms with E-state index in [0.717, 1.165) is 109 Å². The van der Waals surface area contributed by atoms with Gasteiger partial charge in [-0.3, -0.25) is 14.4 Å². The Kier molecular flexibility index (Phi) is 52.4. The molecule has 6 nitrogen and oxygen atoms in total. The first-order valence-corrected chi connectivity index (χ1v) is 28.1. The van der Waals surface area contributed by atoms with Gasteiger partial charge in [-0.05, 0) is 96.3 Å². The third-order valence-corrected chi connectivity index (χ3v) is 11.9. The highest BCUT2D eigenvalue weighted by atomic mass is 16.6. The Balaban J connectivity index is 4.13. The molecule has 0 saturated heterocycles. The van der Waals surface area contributed by atoms with E-state index in [-0.39, 0.29) is 31.1 Å². The molecule has 6 heteroatoms. The van der Waals surface area contributed by atoms with Crippen molar-refractivity contribution in [3.8, 4) is 0 Å². The van der Waals surface area contributed by atoms with E-state index in [4.69, 9.17) is 14.2 Å². The summed E-state index contributed by atoms with van der Waals surface area (Å²) in [5.74, 6) is -0.897. The van der Waals surface area contributed by atoms with Crippen LogP contribution < -0.4 is 0 Å². The second-order valence-electron chi connectivity index (χ2n) is 18.5. The molecule has 0 saturated carbocycles. The van der Waals surface area contributed by atoms with Crippen molar-refractivity contribution in [2.75, 3.05) is 13.2 Å². The molecule has 0 aromatic rings. The fourth-order valence-corrected chi connectivity index (χ4v) is 7.68. The maximum absolute atomic E-state index is 12.8. The molecule has 0 bridgehead atoms. The van der Waals surface area contributed by atoms with Crippen molar-refractivity contribution in [3.63, 3.8) is 0 Å². The minimum absolute atomic E-state index is 0.0794. The summed E-state index contributed by atoms with van der Waals surface area (Å²) in [6, 6.07) is 0. The van der Waals surface area contributed by atoms with Crippen LogP contribution in [0.1, 0.15) is 265 Å². The molecular formula is C61H104O6. The summed E-state index contributed by atoms with van der Waals surface area (Å²) in [7, 11) is 0. The number of ether oxygens (including phenoxy) is 3. The van der Waals surface area contributed by atoms with Gasteiger partial charge in [0.2, 0.25) is 0 Å². The Hall–Kier alpha value is -3.41. The summed E-state index contributed by atoms with van der Waals surface area (Å²) in [6.07, 6.45) is 71.7. The van der Waals surface area contributed by atoms with E-state index in [1.807, 2.05) is 0 Å². The number of esters is 3. The number of allylic oxidation sites excluding steroid dienone is 14. The number of carbonyl (C=O) groups is 3. The number of carbonyl (C=O) groups excluding carboxylic acids is 3. The molecule has 1 unspecified atom stereocenters. The van der Waals surface area contributed by atoms with Crippen molar-refractivity contribution >= 4 is 17.9 Å². The molecule has 0 aromatic carbocycles. The standard InChI is InChI=1S/C61H104O6/c1-4-7-10-13-16-18-20-22-23-24-25-26-27-28-29-30-31-32-33-34-35-36-37-39-40-42-45-48-51-54-60(63)66-57-58(56-65-59(62)53-50-47-44-15-12-9-6-3)67-61(64)55-52-49-46-43-41-38-21-19-17-14-11-8-5-2/h7,10,16,18-19,21-23,25-26,28-29,31-32,58H,4-6,8-9,11-15,17,20,24,27,30,33-57H2,1-3H3/b10-7-,18-16-,21-19-,23-22-,26-25-,29-28-,32-31-. The Bertz CT molecular complexity index is 1300. The van der Waals surface area contributed by atoms with Gasteiger partial charge < -0.3 is 14.2 Å². The highest BCUT2D eigenvalue weighted by molar-refractivity contribution is 5.71. The summed E-state index contributed by atoms with van der Waals surface area (Å²) in [5, 5.41) is 0. The van der Waals surface area contributed by atoms with E-state index in [2.05, 4.69) is 106 Å². The van der Waals surface area contributed by atoms with Gasteiger partial charge >= 0.3 is 17.9 Å². The van der Waals surface area contributed by atoms with Crippen LogP contribution in [-0.4, -0.2) is 37.2 Å². The second-order valence-corrected chi connectivity index (χ2v) is 18.5. The van der Waals surface area contributed by atoms with Gasteiger partial charge in [0.1, 0.15) is 13.2 Å². The van der Waals surface area contributed by atoms with Crippen molar-refractivity contribution in [3.05, 3.63) is 85.1 Å². The van der Waals surface area contributed by atoms with Crippen LogP contribution in [0.3, 0.4) is 0 Å². The molecule has 0 aliphatic heterocycles. The van der Waals surface area contributed by atoms with Crippen LogP contribution in [0.15, 0.2) is 85.1 Å². The fraction of sp³-hybridized carbons (Fsp3) is 0.721. The van der Waals surface area contributed by atoms with Crippen molar-refractivity contribution in [2.45, 2.75) is 271 Å². The first-order chi connectivity index (χ1) is 33.0. The number of unbranched alkanes of at least 4 members (excludes halogenated alkanes) is 25. The lowest BCUT2D eigenvalue weighted by molar-refractivity contribution is -0.167. The molecule has 1 atom stereocenters. The van der Waals surface area contributed by atoms with E-state index in [0.29, 0.717) is 19.3 Å². The van der Waals surface area contributed by atoms with Gasteiger partial charge in [-0.2, -0.15) is 0 Å². The molecule has 0 radical (unpaired) electrons. The van der Waals surface area contributed by atoms with E-state index in [9.17, 15) is 14.4 Å². The van der Waals surface area contributed by atoms with Gasteiger partial charge in [-0.15, -0.1) is 0 Å². The first kappa shape index (κ1) is 63.6. The van der Waals surface area contributed by atoms with Gasteiger partial charge in [-0.25, -0.2) is 0 Å². The van der Waals surface area contributed by atoms with Crippen molar-refractivity contribution in [1.82, 2.24) is 0 Å². The highest BCUT2D eigenvalue weighted by Crippen LogP contribution is 2.15. The largest absolute Gasteiger partial charge is 0.462 e. The van der Waals surface area contributed by atoms with Crippen molar-refractivity contribution in [1.29, 1.82) is 0 Å². The molecule has 0 aromatic heterocycles. The van der Waals surface area contributed by atoms with Crippen LogP contribution in [0.25, 0.3) is 0 Å². The summed E-state index contributed by atoms with van der Waals surface area (Å²) in [5.41, 5.74) is 0. The molecule has 384 valence electrons. The normalized spacial score (nSPS) is 12.7. The summed E-state index contributed by atoms with van der Waals surface area (Å²) >= 11 is 0. The monoisotopic (exact) mass is 933 g/mol. The van der Waals surface area contributed by atoms with Gasteiger partial charge in [-0.1, -0.05) is 234 Å². The molecule has 0 aliphatic carbocycles. The fourth-order valence-electron chi connectivity index (χ4n) is 7.68. The SMILES string of the molecule is CC/C=C\C/C=C\C/C=C\C/C=C\C/C=C\C/C=C\CCCCCCCCCCCCC(=O)OCC(COC(=O)CCCCCCCCC)OC(=O)CCCCCCC/C=C\CCCCCC. The van der Waals surface area contributed by atoms with Gasteiger partial charge in [0.25, 0.3) is 0 Å². The summed E-state index contributed by atoms with van der Waals surface area (Å²) < 4.78 is 16.7. The van der Waals surface area contributed by atoms with E-state index in [1.165, 1.54) is 116 Å². The predicted molar refractivity (Wildman–Crippen MR) is 288 cm³/mol. The van der Waals surface area contributed by atoms with Gasteiger partial charge in [0.05, 0.1) is 0 Å². The van der Waals surface area contributed by atoms with Gasteiger partial charge in [0.15, 0.2) is 6.10 Å². The highest BCUT2D eigenvalue weighted by Gasteiger charge is 2.19. The lowest BCUT2D eigenvalue weighted by Crippen LogP contribution is -2.30.